The van der Waals surface area contributed by atoms with Gasteiger partial charge in [-0.05, 0) is 30.2 Å². The van der Waals surface area contributed by atoms with E-state index in [0.717, 1.165) is 10.2 Å². The minimum Gasteiger partial charge on any atom is -0.368 e. The molecule has 0 atom stereocenters. The Hall–Kier alpha value is -1.48. The number of anilines is 2. The molecule has 0 aliphatic rings. The number of aryl methyl sites for hydroxylation is 1. The molecular formula is C8H11N7S2. The van der Waals surface area contributed by atoms with Gasteiger partial charge in [-0.15, -0.1) is 0 Å². The summed E-state index contributed by atoms with van der Waals surface area (Å²) in [6, 6.07) is 0. The molecule has 0 aliphatic carbocycles. The van der Waals surface area contributed by atoms with E-state index >= 15 is 0 Å². The number of hydrogen-bond acceptors (Lipinski definition) is 9. The molecule has 0 fully saturated rings. The van der Waals surface area contributed by atoms with Crippen LogP contribution in [0, 0.1) is 6.92 Å². The van der Waals surface area contributed by atoms with E-state index < -0.39 is 0 Å². The molecule has 0 saturated carbocycles. The highest BCUT2D eigenvalue weighted by Gasteiger charge is 2.10. The summed E-state index contributed by atoms with van der Waals surface area (Å²) in [4.78, 5) is 18.3. The summed E-state index contributed by atoms with van der Waals surface area (Å²) >= 11 is 2.64. The monoisotopic (exact) mass is 269 g/mol. The Kier molecular flexibility index (Phi) is 3.38. The molecule has 0 aliphatic heterocycles. The van der Waals surface area contributed by atoms with Gasteiger partial charge in [0.15, 0.2) is 4.34 Å². The zero-order valence-electron chi connectivity index (χ0n) is 9.58. The van der Waals surface area contributed by atoms with Gasteiger partial charge in [-0.1, -0.05) is 0 Å². The highest BCUT2D eigenvalue weighted by atomic mass is 32.2. The Bertz CT molecular complexity index is 524. The zero-order valence-corrected chi connectivity index (χ0v) is 11.2. The second-order valence-corrected chi connectivity index (χ2v) is 5.35. The normalized spacial score (nSPS) is 10.5. The van der Waals surface area contributed by atoms with Gasteiger partial charge in [-0.3, -0.25) is 0 Å². The van der Waals surface area contributed by atoms with Crippen molar-refractivity contribution in [1.82, 2.24) is 24.3 Å². The number of aromatic nitrogens is 5. The van der Waals surface area contributed by atoms with Gasteiger partial charge in [-0.25, -0.2) is 4.98 Å². The van der Waals surface area contributed by atoms with Gasteiger partial charge < -0.3 is 10.6 Å². The van der Waals surface area contributed by atoms with E-state index in [1.165, 1.54) is 23.3 Å². The fourth-order valence-electron chi connectivity index (χ4n) is 1.00. The van der Waals surface area contributed by atoms with Gasteiger partial charge in [0.05, 0.1) is 0 Å². The van der Waals surface area contributed by atoms with Crippen LogP contribution in [0.25, 0.3) is 0 Å². The summed E-state index contributed by atoms with van der Waals surface area (Å²) in [5, 5.41) is 0.525. The molecular weight excluding hydrogens is 258 g/mol. The minimum atomic E-state index is 0.201. The summed E-state index contributed by atoms with van der Waals surface area (Å²) < 4.78 is 4.88. The maximum atomic E-state index is 5.62. The molecule has 0 bridgehead atoms. The molecule has 0 unspecified atom stereocenters. The topological polar surface area (TPSA) is 93.7 Å². The first-order chi connectivity index (χ1) is 8.04. The minimum absolute atomic E-state index is 0.201. The molecule has 2 aromatic heterocycles. The van der Waals surface area contributed by atoms with Crippen LogP contribution in [0.3, 0.4) is 0 Å². The van der Waals surface area contributed by atoms with Gasteiger partial charge in [0, 0.05) is 14.1 Å². The summed E-state index contributed by atoms with van der Waals surface area (Å²) in [6.45, 7) is 1.84. The molecule has 0 spiro atoms. The second kappa shape index (κ2) is 4.80. The lowest BCUT2D eigenvalue weighted by Crippen LogP contribution is -2.15. The van der Waals surface area contributed by atoms with Crippen molar-refractivity contribution in [3.63, 3.8) is 0 Å². The van der Waals surface area contributed by atoms with E-state index in [1.54, 1.807) is 4.90 Å². The Balaban J connectivity index is 2.26. The van der Waals surface area contributed by atoms with Crippen LogP contribution < -0.4 is 10.6 Å². The zero-order chi connectivity index (χ0) is 12.4. The molecule has 0 radical (unpaired) electrons. The van der Waals surface area contributed by atoms with Crippen LogP contribution in [0.5, 0.6) is 0 Å². The van der Waals surface area contributed by atoms with Crippen LogP contribution in [0.4, 0.5) is 11.9 Å². The summed E-state index contributed by atoms with van der Waals surface area (Å²) in [5.41, 5.74) is 5.62. The molecule has 2 N–H and O–H groups in total. The molecule has 2 heterocycles. The SMILES string of the molecule is Cc1nsc(Sc2nc(N)nc(N(C)C)n2)n1. The number of hydrogen-bond donors (Lipinski definition) is 1. The summed E-state index contributed by atoms with van der Waals surface area (Å²) in [5.74, 6) is 1.47. The third-order valence-corrected chi connectivity index (χ3v) is 3.42. The maximum absolute atomic E-state index is 5.62. The maximum Gasteiger partial charge on any atom is 0.230 e. The Labute approximate surface area is 107 Å². The molecule has 7 nitrogen and oxygen atoms in total. The summed E-state index contributed by atoms with van der Waals surface area (Å²) in [7, 11) is 3.69. The molecule has 0 amide bonds. The van der Waals surface area contributed by atoms with E-state index in [4.69, 9.17) is 5.73 Å². The van der Waals surface area contributed by atoms with Crippen LogP contribution in [0.2, 0.25) is 0 Å². The van der Waals surface area contributed by atoms with E-state index in [-0.39, 0.29) is 5.95 Å². The molecule has 90 valence electrons. The molecule has 0 aromatic carbocycles. The highest BCUT2D eigenvalue weighted by Crippen LogP contribution is 2.27. The molecule has 9 heteroatoms. The average Bonchev–Trinajstić information content (AvgIpc) is 2.63. The van der Waals surface area contributed by atoms with Crippen molar-refractivity contribution >= 4 is 35.2 Å². The lowest BCUT2D eigenvalue weighted by Gasteiger charge is -2.10. The van der Waals surface area contributed by atoms with Crippen LogP contribution in [0.1, 0.15) is 5.82 Å². The number of nitrogens with zero attached hydrogens (tertiary/aromatic N) is 6. The first-order valence-electron chi connectivity index (χ1n) is 4.71. The largest absolute Gasteiger partial charge is 0.368 e. The van der Waals surface area contributed by atoms with E-state index in [1.807, 2.05) is 21.0 Å². The van der Waals surface area contributed by atoms with Crippen molar-refractivity contribution in [3.05, 3.63) is 5.82 Å². The Morgan fingerprint density at radius 2 is 1.94 bits per heavy atom. The molecule has 2 rings (SSSR count). The fourth-order valence-corrected chi connectivity index (χ4v) is 2.51. The van der Waals surface area contributed by atoms with Gasteiger partial charge in [0.2, 0.25) is 17.1 Å². The Morgan fingerprint density at radius 3 is 2.53 bits per heavy atom. The third kappa shape index (κ3) is 3.01. The highest BCUT2D eigenvalue weighted by molar-refractivity contribution is 8.00. The number of nitrogen functional groups attached to an aromatic ring is 1. The van der Waals surface area contributed by atoms with Crippen molar-refractivity contribution in [2.24, 2.45) is 0 Å². The van der Waals surface area contributed by atoms with Crippen molar-refractivity contribution in [2.75, 3.05) is 24.7 Å². The third-order valence-electron chi connectivity index (χ3n) is 1.71. The van der Waals surface area contributed by atoms with Gasteiger partial charge >= 0.3 is 0 Å². The second-order valence-electron chi connectivity index (χ2n) is 3.38. The van der Waals surface area contributed by atoms with Crippen molar-refractivity contribution in [3.8, 4) is 0 Å². The molecule has 2 aromatic rings. The fraction of sp³-hybridized carbons (Fsp3) is 0.375. The summed E-state index contributed by atoms with van der Waals surface area (Å²) in [6.07, 6.45) is 0. The lowest BCUT2D eigenvalue weighted by atomic mass is 10.8. The number of rotatable bonds is 3. The quantitative estimate of drug-likeness (QED) is 0.875. The van der Waals surface area contributed by atoms with Crippen LogP contribution in [-0.2, 0) is 0 Å². The first kappa shape index (κ1) is 12.0. The van der Waals surface area contributed by atoms with E-state index in [9.17, 15) is 0 Å². The van der Waals surface area contributed by atoms with Crippen molar-refractivity contribution in [2.45, 2.75) is 16.4 Å². The first-order valence-corrected chi connectivity index (χ1v) is 6.30. The van der Waals surface area contributed by atoms with E-state index in [0.29, 0.717) is 11.1 Å². The average molecular weight is 269 g/mol. The number of nitrogens with two attached hydrogens (primary N) is 1. The smallest absolute Gasteiger partial charge is 0.230 e. The molecule has 17 heavy (non-hydrogen) atoms. The van der Waals surface area contributed by atoms with E-state index in [2.05, 4.69) is 24.3 Å². The van der Waals surface area contributed by atoms with Gasteiger partial charge in [-0.2, -0.15) is 19.3 Å². The standard InChI is InChI=1S/C8H11N7S2/c1-4-10-8(17-14-4)16-7-12-5(9)11-6(13-7)15(2)3/h1-3H3,(H2,9,11,12,13). The van der Waals surface area contributed by atoms with Crippen LogP contribution in [-0.4, -0.2) is 38.4 Å². The predicted octanol–water partition coefficient (Wildman–Crippen LogP) is 0.831. The predicted molar refractivity (Wildman–Crippen MR) is 67.3 cm³/mol. The van der Waals surface area contributed by atoms with Crippen molar-refractivity contribution < 1.29 is 0 Å². The molecule has 0 saturated heterocycles. The van der Waals surface area contributed by atoms with Crippen LogP contribution in [0.15, 0.2) is 9.50 Å². The lowest BCUT2D eigenvalue weighted by molar-refractivity contribution is 0.875. The van der Waals surface area contributed by atoms with Gasteiger partial charge in [0.1, 0.15) is 5.82 Å². The van der Waals surface area contributed by atoms with Gasteiger partial charge in [0.25, 0.3) is 0 Å². The van der Waals surface area contributed by atoms with Crippen molar-refractivity contribution in [1.29, 1.82) is 0 Å². The Morgan fingerprint density at radius 1 is 1.18 bits per heavy atom. The van der Waals surface area contributed by atoms with Crippen LogP contribution >= 0.6 is 23.3 Å².